The standard InChI is InChI=1S/C16H19N3/c1-11-7-14(10-19(11)2)15(17)9-12-3-4-16-13(8-12)5-6-18-16/h3-8,10,15,18H,9,17H2,1-2H3. The van der Waals surface area contributed by atoms with Crippen molar-refractivity contribution in [2.45, 2.75) is 19.4 Å². The number of hydrogen-bond acceptors (Lipinski definition) is 1. The Balaban J connectivity index is 1.83. The van der Waals surface area contributed by atoms with Gasteiger partial charge >= 0.3 is 0 Å². The third-order valence-corrected chi connectivity index (χ3v) is 3.78. The summed E-state index contributed by atoms with van der Waals surface area (Å²) >= 11 is 0. The molecule has 3 nitrogen and oxygen atoms in total. The molecule has 3 heteroatoms. The maximum absolute atomic E-state index is 6.31. The molecule has 0 saturated carbocycles. The number of aryl methyl sites for hydroxylation is 2. The first kappa shape index (κ1) is 12.1. The maximum Gasteiger partial charge on any atom is 0.0454 e. The highest BCUT2D eigenvalue weighted by Gasteiger charge is 2.10. The van der Waals surface area contributed by atoms with Crippen LogP contribution in [0.4, 0.5) is 0 Å². The molecule has 0 amide bonds. The minimum Gasteiger partial charge on any atom is -0.361 e. The topological polar surface area (TPSA) is 46.7 Å². The number of aromatic nitrogens is 2. The average molecular weight is 253 g/mol. The lowest BCUT2D eigenvalue weighted by Gasteiger charge is -2.10. The van der Waals surface area contributed by atoms with E-state index in [1.54, 1.807) is 0 Å². The van der Waals surface area contributed by atoms with Gasteiger partial charge < -0.3 is 15.3 Å². The third-order valence-electron chi connectivity index (χ3n) is 3.78. The minimum absolute atomic E-state index is 0.0521. The van der Waals surface area contributed by atoms with Gasteiger partial charge in [-0.25, -0.2) is 0 Å². The van der Waals surface area contributed by atoms with Crippen molar-refractivity contribution in [3.8, 4) is 0 Å². The molecule has 1 unspecified atom stereocenters. The third kappa shape index (κ3) is 2.29. The first-order valence-corrected chi connectivity index (χ1v) is 6.58. The molecule has 98 valence electrons. The summed E-state index contributed by atoms with van der Waals surface area (Å²) in [5.41, 5.74) is 11.2. The van der Waals surface area contributed by atoms with Gasteiger partial charge in [-0.3, -0.25) is 0 Å². The Bertz CT molecular complexity index is 686. The maximum atomic E-state index is 6.31. The molecule has 0 aliphatic heterocycles. The predicted molar refractivity (Wildman–Crippen MR) is 79.1 cm³/mol. The van der Waals surface area contributed by atoms with Crippen LogP contribution in [-0.2, 0) is 13.5 Å². The van der Waals surface area contributed by atoms with E-state index in [1.165, 1.54) is 27.7 Å². The molecule has 0 saturated heterocycles. The molecular weight excluding hydrogens is 234 g/mol. The van der Waals surface area contributed by atoms with Crippen molar-refractivity contribution in [2.75, 3.05) is 0 Å². The Labute approximate surface area is 113 Å². The van der Waals surface area contributed by atoms with Crippen molar-refractivity contribution in [1.82, 2.24) is 9.55 Å². The second-order valence-corrected chi connectivity index (χ2v) is 5.24. The van der Waals surface area contributed by atoms with Crippen LogP contribution in [0.2, 0.25) is 0 Å². The molecule has 0 aliphatic carbocycles. The molecule has 0 bridgehead atoms. The van der Waals surface area contributed by atoms with Crippen LogP contribution < -0.4 is 5.73 Å². The van der Waals surface area contributed by atoms with E-state index in [9.17, 15) is 0 Å². The Morgan fingerprint density at radius 3 is 2.84 bits per heavy atom. The zero-order valence-electron chi connectivity index (χ0n) is 11.4. The summed E-state index contributed by atoms with van der Waals surface area (Å²) in [5, 5.41) is 1.24. The fourth-order valence-corrected chi connectivity index (χ4v) is 2.51. The lowest BCUT2D eigenvalue weighted by atomic mass is 10.0. The largest absolute Gasteiger partial charge is 0.361 e. The van der Waals surface area contributed by atoms with Crippen LogP contribution in [-0.4, -0.2) is 9.55 Å². The van der Waals surface area contributed by atoms with E-state index in [2.05, 4.69) is 60.1 Å². The highest BCUT2D eigenvalue weighted by atomic mass is 14.9. The zero-order valence-corrected chi connectivity index (χ0v) is 11.4. The summed E-state index contributed by atoms with van der Waals surface area (Å²) in [6.45, 7) is 2.10. The van der Waals surface area contributed by atoms with Crippen molar-refractivity contribution in [2.24, 2.45) is 12.8 Å². The second kappa shape index (κ2) is 4.59. The van der Waals surface area contributed by atoms with Gasteiger partial charge in [0.15, 0.2) is 0 Å². The van der Waals surface area contributed by atoms with Crippen LogP contribution >= 0.6 is 0 Å². The Hall–Kier alpha value is -2.00. The van der Waals surface area contributed by atoms with Crippen LogP contribution in [0, 0.1) is 6.92 Å². The van der Waals surface area contributed by atoms with E-state index in [1.807, 2.05) is 6.20 Å². The SMILES string of the molecule is Cc1cc(C(N)Cc2ccc3[nH]ccc3c2)cn1C. The van der Waals surface area contributed by atoms with Crippen molar-refractivity contribution < 1.29 is 0 Å². The number of nitrogens with zero attached hydrogens (tertiary/aromatic N) is 1. The highest BCUT2D eigenvalue weighted by molar-refractivity contribution is 5.79. The van der Waals surface area contributed by atoms with Gasteiger partial charge in [-0.05, 0) is 54.1 Å². The van der Waals surface area contributed by atoms with Crippen LogP contribution in [0.1, 0.15) is 22.9 Å². The number of nitrogens with two attached hydrogens (primary N) is 1. The number of hydrogen-bond donors (Lipinski definition) is 2. The summed E-state index contributed by atoms with van der Waals surface area (Å²) in [4.78, 5) is 3.21. The molecule has 2 aromatic heterocycles. The van der Waals surface area contributed by atoms with E-state index in [4.69, 9.17) is 5.73 Å². The van der Waals surface area contributed by atoms with Crippen LogP contribution in [0.15, 0.2) is 42.7 Å². The average Bonchev–Trinajstić information content (AvgIpc) is 2.96. The summed E-state index contributed by atoms with van der Waals surface area (Å²) in [5.74, 6) is 0. The van der Waals surface area contributed by atoms with Gasteiger partial charge in [0.25, 0.3) is 0 Å². The van der Waals surface area contributed by atoms with Crippen molar-refractivity contribution in [1.29, 1.82) is 0 Å². The minimum atomic E-state index is 0.0521. The quantitative estimate of drug-likeness (QED) is 0.740. The van der Waals surface area contributed by atoms with Gasteiger partial charge in [0.05, 0.1) is 0 Å². The molecule has 19 heavy (non-hydrogen) atoms. The molecule has 0 aliphatic rings. The smallest absolute Gasteiger partial charge is 0.0454 e. The first-order chi connectivity index (χ1) is 9.13. The summed E-state index contributed by atoms with van der Waals surface area (Å²) in [7, 11) is 2.05. The number of fused-ring (bicyclic) bond motifs is 1. The van der Waals surface area contributed by atoms with Crippen molar-refractivity contribution >= 4 is 10.9 Å². The first-order valence-electron chi connectivity index (χ1n) is 6.58. The van der Waals surface area contributed by atoms with E-state index < -0.39 is 0 Å². The zero-order chi connectivity index (χ0) is 13.4. The second-order valence-electron chi connectivity index (χ2n) is 5.24. The summed E-state index contributed by atoms with van der Waals surface area (Å²) in [6.07, 6.45) is 4.95. The van der Waals surface area contributed by atoms with E-state index >= 15 is 0 Å². The molecule has 0 radical (unpaired) electrons. The lowest BCUT2D eigenvalue weighted by molar-refractivity contribution is 0.719. The predicted octanol–water partition coefficient (Wildman–Crippen LogP) is 3.06. The van der Waals surface area contributed by atoms with Crippen LogP contribution in [0.3, 0.4) is 0 Å². The van der Waals surface area contributed by atoms with Gasteiger partial charge in [0.1, 0.15) is 0 Å². The number of benzene rings is 1. The van der Waals surface area contributed by atoms with Gasteiger partial charge in [-0.2, -0.15) is 0 Å². The lowest BCUT2D eigenvalue weighted by Crippen LogP contribution is -2.12. The van der Waals surface area contributed by atoms with E-state index in [-0.39, 0.29) is 6.04 Å². The molecule has 3 rings (SSSR count). The van der Waals surface area contributed by atoms with E-state index in [0.717, 1.165) is 6.42 Å². The van der Waals surface area contributed by atoms with Gasteiger partial charge in [0.2, 0.25) is 0 Å². The molecule has 1 aromatic carbocycles. The Kier molecular flexibility index (Phi) is 2.91. The Morgan fingerprint density at radius 1 is 1.26 bits per heavy atom. The molecule has 0 fully saturated rings. The van der Waals surface area contributed by atoms with E-state index in [0.29, 0.717) is 0 Å². The van der Waals surface area contributed by atoms with Crippen LogP contribution in [0.5, 0.6) is 0 Å². The van der Waals surface area contributed by atoms with Crippen molar-refractivity contribution in [3.63, 3.8) is 0 Å². The molecule has 2 heterocycles. The molecule has 1 atom stereocenters. The molecule has 3 N–H and O–H groups in total. The number of rotatable bonds is 3. The van der Waals surface area contributed by atoms with Gasteiger partial charge in [0, 0.05) is 36.7 Å². The van der Waals surface area contributed by atoms with Gasteiger partial charge in [-0.1, -0.05) is 6.07 Å². The summed E-state index contributed by atoms with van der Waals surface area (Å²) in [6, 6.07) is 10.8. The number of H-pyrrole nitrogens is 1. The molecule has 3 aromatic rings. The Morgan fingerprint density at radius 2 is 2.11 bits per heavy atom. The number of aromatic amines is 1. The normalized spacial score (nSPS) is 13.0. The number of nitrogens with one attached hydrogen (secondary N) is 1. The van der Waals surface area contributed by atoms with Crippen molar-refractivity contribution in [3.05, 3.63) is 59.5 Å². The molecular formula is C16H19N3. The van der Waals surface area contributed by atoms with Crippen LogP contribution in [0.25, 0.3) is 10.9 Å². The molecule has 0 spiro atoms. The monoisotopic (exact) mass is 253 g/mol. The fraction of sp³-hybridized carbons (Fsp3) is 0.250. The highest BCUT2D eigenvalue weighted by Crippen LogP contribution is 2.21. The van der Waals surface area contributed by atoms with Gasteiger partial charge in [-0.15, -0.1) is 0 Å². The summed E-state index contributed by atoms with van der Waals surface area (Å²) < 4.78 is 2.12. The fourth-order valence-electron chi connectivity index (χ4n) is 2.51.